The summed E-state index contributed by atoms with van der Waals surface area (Å²) in [6.07, 6.45) is 0. The van der Waals surface area contributed by atoms with Crippen LogP contribution in [0.5, 0.6) is 0 Å². The average Bonchev–Trinajstić information content (AvgIpc) is 2.96. The van der Waals surface area contributed by atoms with E-state index < -0.39 is 0 Å². The zero-order chi connectivity index (χ0) is 13.1. The van der Waals surface area contributed by atoms with Gasteiger partial charge < -0.3 is 5.32 Å². The molecule has 100 valence electrons. The van der Waals surface area contributed by atoms with Crippen LogP contribution in [0.25, 0.3) is 0 Å². The number of hydrogen-bond acceptors (Lipinski definition) is 3. The van der Waals surface area contributed by atoms with Crippen LogP contribution in [-0.2, 0) is 0 Å². The molecule has 0 saturated carbocycles. The number of rotatable bonds is 3. The van der Waals surface area contributed by atoms with Crippen LogP contribution in [0.15, 0.2) is 41.1 Å². The number of hydrogen-bond donors (Lipinski definition) is 1. The van der Waals surface area contributed by atoms with Crippen LogP contribution < -0.4 is 5.32 Å². The Bertz CT molecular complexity index is 503. The Balaban J connectivity index is 1.93. The summed E-state index contributed by atoms with van der Waals surface area (Å²) < 4.78 is 13.1. The largest absolute Gasteiger partial charge is 0.314 e. The molecular weight excluding hydrogens is 259 g/mol. The highest BCUT2D eigenvalue weighted by Crippen LogP contribution is 2.30. The Morgan fingerprint density at radius 2 is 1.79 bits per heavy atom. The molecule has 19 heavy (non-hydrogen) atoms. The van der Waals surface area contributed by atoms with Crippen molar-refractivity contribution in [1.29, 1.82) is 0 Å². The Morgan fingerprint density at radius 3 is 2.42 bits per heavy atom. The van der Waals surface area contributed by atoms with Gasteiger partial charge in [0.25, 0.3) is 0 Å². The fourth-order valence-corrected chi connectivity index (χ4v) is 3.31. The molecule has 1 N–H and O–H groups in total. The van der Waals surface area contributed by atoms with Crippen molar-refractivity contribution in [2.24, 2.45) is 0 Å². The van der Waals surface area contributed by atoms with E-state index >= 15 is 0 Å². The molecule has 2 aromatic rings. The lowest BCUT2D eigenvalue weighted by atomic mass is 9.99. The number of thiophene rings is 1. The summed E-state index contributed by atoms with van der Waals surface area (Å²) in [5, 5.41) is 7.67. The maximum Gasteiger partial charge on any atom is 0.123 e. The minimum atomic E-state index is -0.173. The number of halogens is 1. The predicted molar refractivity (Wildman–Crippen MR) is 77.0 cm³/mol. The summed E-state index contributed by atoms with van der Waals surface area (Å²) in [5.41, 5.74) is 2.47. The number of nitrogens with one attached hydrogen (secondary N) is 1. The molecule has 0 amide bonds. The van der Waals surface area contributed by atoms with Gasteiger partial charge in [-0.15, -0.1) is 0 Å². The third-order valence-corrected chi connectivity index (χ3v) is 4.26. The summed E-state index contributed by atoms with van der Waals surface area (Å²) in [6.45, 7) is 4.08. The molecule has 2 nitrogen and oxygen atoms in total. The highest BCUT2D eigenvalue weighted by Gasteiger charge is 2.23. The highest BCUT2D eigenvalue weighted by atomic mass is 32.1. The van der Waals surface area contributed by atoms with Crippen molar-refractivity contribution >= 4 is 11.3 Å². The van der Waals surface area contributed by atoms with Gasteiger partial charge in [0.1, 0.15) is 5.82 Å². The summed E-state index contributed by atoms with van der Waals surface area (Å²) in [5.74, 6) is -0.173. The van der Waals surface area contributed by atoms with E-state index in [2.05, 4.69) is 27.0 Å². The standard InChI is InChI=1S/C15H17FN2S/c16-14-3-1-12(2-4-14)15(13-5-10-19-11-13)18-8-6-17-7-9-18/h1-5,10-11,15,17H,6-9H2. The van der Waals surface area contributed by atoms with E-state index in [1.54, 1.807) is 23.5 Å². The third-order valence-electron chi connectivity index (χ3n) is 3.56. The molecule has 0 spiro atoms. The van der Waals surface area contributed by atoms with Gasteiger partial charge in [0.2, 0.25) is 0 Å². The van der Waals surface area contributed by atoms with Crippen molar-refractivity contribution in [1.82, 2.24) is 10.2 Å². The van der Waals surface area contributed by atoms with E-state index in [-0.39, 0.29) is 11.9 Å². The molecule has 0 aliphatic carbocycles. The quantitative estimate of drug-likeness (QED) is 0.927. The minimum Gasteiger partial charge on any atom is -0.314 e. The molecule has 4 heteroatoms. The lowest BCUT2D eigenvalue weighted by molar-refractivity contribution is 0.198. The Hall–Kier alpha value is -1.23. The van der Waals surface area contributed by atoms with Gasteiger partial charge in [-0.1, -0.05) is 12.1 Å². The first-order valence-electron chi connectivity index (χ1n) is 6.57. The van der Waals surface area contributed by atoms with Crippen LogP contribution in [0, 0.1) is 5.82 Å². The lowest BCUT2D eigenvalue weighted by Gasteiger charge is -2.35. The predicted octanol–water partition coefficient (Wildman–Crippen LogP) is 2.88. The number of piperazine rings is 1. The van der Waals surface area contributed by atoms with Crippen LogP contribution in [0.1, 0.15) is 17.2 Å². The topological polar surface area (TPSA) is 15.3 Å². The first kappa shape index (κ1) is 12.8. The third kappa shape index (κ3) is 2.86. The Morgan fingerprint density at radius 1 is 1.05 bits per heavy atom. The molecule has 1 aliphatic heterocycles. The van der Waals surface area contributed by atoms with Crippen molar-refractivity contribution in [3.8, 4) is 0 Å². The number of benzene rings is 1. The molecule has 1 saturated heterocycles. The van der Waals surface area contributed by atoms with E-state index in [1.807, 2.05) is 12.1 Å². The molecule has 3 rings (SSSR count). The maximum atomic E-state index is 13.1. The van der Waals surface area contributed by atoms with Gasteiger partial charge in [-0.25, -0.2) is 4.39 Å². The molecule has 1 aromatic heterocycles. The van der Waals surface area contributed by atoms with E-state index in [9.17, 15) is 4.39 Å². The van der Waals surface area contributed by atoms with Crippen molar-refractivity contribution in [3.05, 3.63) is 58.0 Å². The van der Waals surface area contributed by atoms with Crippen molar-refractivity contribution in [2.45, 2.75) is 6.04 Å². The van der Waals surface area contributed by atoms with E-state index in [0.29, 0.717) is 0 Å². The van der Waals surface area contributed by atoms with Crippen molar-refractivity contribution in [3.63, 3.8) is 0 Å². The van der Waals surface area contributed by atoms with Gasteiger partial charge in [-0.2, -0.15) is 11.3 Å². The molecule has 1 aromatic carbocycles. The molecule has 2 heterocycles. The summed E-state index contributed by atoms with van der Waals surface area (Å²) in [7, 11) is 0. The maximum absolute atomic E-state index is 13.1. The smallest absolute Gasteiger partial charge is 0.123 e. The van der Waals surface area contributed by atoms with E-state index in [0.717, 1.165) is 26.2 Å². The molecular formula is C15H17FN2S. The summed E-state index contributed by atoms with van der Waals surface area (Å²) in [6, 6.07) is 9.32. The average molecular weight is 276 g/mol. The second-order valence-electron chi connectivity index (χ2n) is 4.80. The molecule has 0 bridgehead atoms. The first-order chi connectivity index (χ1) is 9.34. The normalized spacial score (nSPS) is 18.4. The molecule has 1 fully saturated rings. The second-order valence-corrected chi connectivity index (χ2v) is 5.58. The van der Waals surface area contributed by atoms with Crippen LogP contribution in [0.4, 0.5) is 4.39 Å². The number of nitrogens with zero attached hydrogens (tertiary/aromatic N) is 1. The van der Waals surface area contributed by atoms with Crippen molar-refractivity contribution in [2.75, 3.05) is 26.2 Å². The van der Waals surface area contributed by atoms with Crippen LogP contribution in [0.3, 0.4) is 0 Å². The second kappa shape index (κ2) is 5.82. The Kier molecular flexibility index (Phi) is 3.92. The zero-order valence-electron chi connectivity index (χ0n) is 10.7. The molecule has 1 aliphatic rings. The molecule has 1 unspecified atom stereocenters. The van der Waals surface area contributed by atoms with Gasteiger partial charge in [-0.3, -0.25) is 4.90 Å². The SMILES string of the molecule is Fc1ccc(C(c2ccsc2)N2CCNCC2)cc1. The van der Waals surface area contributed by atoms with Crippen LogP contribution >= 0.6 is 11.3 Å². The van der Waals surface area contributed by atoms with Gasteiger partial charge in [0.15, 0.2) is 0 Å². The molecule has 1 atom stereocenters. The molecule has 0 radical (unpaired) electrons. The highest BCUT2D eigenvalue weighted by molar-refractivity contribution is 7.08. The monoisotopic (exact) mass is 276 g/mol. The lowest BCUT2D eigenvalue weighted by Crippen LogP contribution is -2.45. The summed E-state index contributed by atoms with van der Waals surface area (Å²) >= 11 is 1.71. The van der Waals surface area contributed by atoms with Crippen LogP contribution in [-0.4, -0.2) is 31.1 Å². The van der Waals surface area contributed by atoms with Crippen molar-refractivity contribution < 1.29 is 4.39 Å². The van der Waals surface area contributed by atoms with E-state index in [1.165, 1.54) is 11.1 Å². The summed E-state index contributed by atoms with van der Waals surface area (Å²) in [4.78, 5) is 2.46. The fraction of sp³-hybridized carbons (Fsp3) is 0.333. The van der Waals surface area contributed by atoms with Gasteiger partial charge in [-0.05, 0) is 40.1 Å². The van der Waals surface area contributed by atoms with Gasteiger partial charge in [0, 0.05) is 26.2 Å². The fourth-order valence-electron chi connectivity index (χ4n) is 2.63. The van der Waals surface area contributed by atoms with Gasteiger partial charge >= 0.3 is 0 Å². The zero-order valence-corrected chi connectivity index (χ0v) is 11.5. The Labute approximate surface area is 116 Å². The first-order valence-corrected chi connectivity index (χ1v) is 7.51. The van der Waals surface area contributed by atoms with Crippen LogP contribution in [0.2, 0.25) is 0 Å². The van der Waals surface area contributed by atoms with Gasteiger partial charge in [0.05, 0.1) is 6.04 Å². The van der Waals surface area contributed by atoms with E-state index in [4.69, 9.17) is 0 Å². The minimum absolute atomic E-state index is 0.173.